The third-order valence-electron chi connectivity index (χ3n) is 3.18. The van der Waals surface area contributed by atoms with Gasteiger partial charge in [0.25, 0.3) is 0 Å². The molecular formula is C18H21. The summed E-state index contributed by atoms with van der Waals surface area (Å²) in [7, 11) is 0. The van der Waals surface area contributed by atoms with Crippen LogP contribution in [-0.2, 0) is 19.3 Å². The van der Waals surface area contributed by atoms with Crippen LogP contribution in [0.15, 0.2) is 48.5 Å². The molecule has 0 saturated carbocycles. The summed E-state index contributed by atoms with van der Waals surface area (Å²) in [6.07, 6.45) is 3.36. The van der Waals surface area contributed by atoms with Crippen molar-refractivity contribution in [1.29, 1.82) is 0 Å². The second-order valence-corrected chi connectivity index (χ2v) is 5.26. The first kappa shape index (κ1) is 12.9. The van der Waals surface area contributed by atoms with Crippen molar-refractivity contribution in [1.82, 2.24) is 0 Å². The van der Waals surface area contributed by atoms with Crippen molar-refractivity contribution in [2.75, 3.05) is 0 Å². The van der Waals surface area contributed by atoms with E-state index < -0.39 is 0 Å². The van der Waals surface area contributed by atoms with Gasteiger partial charge < -0.3 is 0 Å². The molecular weight excluding hydrogens is 216 g/mol. The van der Waals surface area contributed by atoms with Crippen LogP contribution in [0.2, 0.25) is 0 Å². The maximum atomic E-state index is 3.40. The average Bonchev–Trinajstić information content (AvgIpc) is 2.38. The monoisotopic (exact) mass is 237 g/mol. The number of hydrogen-bond donors (Lipinski definition) is 0. The Kier molecular flexibility index (Phi) is 4.58. The molecule has 0 bridgehead atoms. The van der Waals surface area contributed by atoms with Crippen LogP contribution in [0.4, 0.5) is 0 Å². The van der Waals surface area contributed by atoms with E-state index in [0.29, 0.717) is 5.92 Å². The van der Waals surface area contributed by atoms with Gasteiger partial charge in [-0.05, 0) is 47.9 Å². The predicted octanol–water partition coefficient (Wildman–Crippen LogP) is 4.47. The van der Waals surface area contributed by atoms with Crippen LogP contribution in [0, 0.1) is 12.0 Å². The summed E-state index contributed by atoms with van der Waals surface area (Å²) in [4.78, 5) is 0. The van der Waals surface area contributed by atoms with E-state index in [2.05, 4.69) is 62.4 Å². The molecule has 1 radical (unpaired) electrons. The molecule has 93 valence electrons. The van der Waals surface area contributed by atoms with Gasteiger partial charge in [-0.15, -0.1) is 0 Å². The highest BCUT2D eigenvalue weighted by atomic mass is 14.1. The second kappa shape index (κ2) is 6.39. The fraction of sp³-hybridized carbons (Fsp3) is 0.333. The lowest BCUT2D eigenvalue weighted by Crippen LogP contribution is -2.01. The molecule has 0 amide bonds. The molecule has 2 rings (SSSR count). The van der Waals surface area contributed by atoms with Crippen LogP contribution in [0.25, 0.3) is 0 Å². The highest BCUT2D eigenvalue weighted by Crippen LogP contribution is 2.15. The number of benzene rings is 2. The van der Waals surface area contributed by atoms with Crippen molar-refractivity contribution >= 4 is 0 Å². The Labute approximate surface area is 111 Å². The summed E-state index contributed by atoms with van der Waals surface area (Å²) in [6, 6.07) is 20.5. The molecule has 0 aliphatic heterocycles. The van der Waals surface area contributed by atoms with Crippen molar-refractivity contribution in [3.05, 3.63) is 71.3 Å². The fourth-order valence-electron chi connectivity index (χ4n) is 2.26. The van der Waals surface area contributed by atoms with Crippen molar-refractivity contribution in [3.8, 4) is 0 Å². The molecule has 2 aromatic carbocycles. The van der Waals surface area contributed by atoms with E-state index >= 15 is 0 Å². The minimum absolute atomic E-state index is 0.694. The van der Waals surface area contributed by atoms with E-state index in [1.54, 1.807) is 0 Å². The first-order valence-corrected chi connectivity index (χ1v) is 6.78. The Morgan fingerprint density at radius 2 is 1.72 bits per heavy atom. The molecule has 0 aliphatic rings. The smallest absolute Gasteiger partial charge is 0.0146 e. The van der Waals surface area contributed by atoms with Gasteiger partial charge in [0.15, 0.2) is 0 Å². The molecule has 0 heterocycles. The number of aryl methyl sites for hydroxylation is 2. The van der Waals surface area contributed by atoms with Crippen molar-refractivity contribution < 1.29 is 0 Å². The van der Waals surface area contributed by atoms with E-state index in [4.69, 9.17) is 0 Å². The first-order valence-electron chi connectivity index (χ1n) is 6.78. The van der Waals surface area contributed by atoms with Crippen molar-refractivity contribution in [2.45, 2.75) is 33.1 Å². The molecule has 0 saturated heterocycles. The number of rotatable bonds is 5. The standard InChI is InChI=1S/C18H21/c1-15(2)14-18-11-7-6-10-17(18)13-12-16-8-4-3-5-9-16/h3-10,15H,12-14H2,1-2H3. The van der Waals surface area contributed by atoms with Crippen molar-refractivity contribution in [3.63, 3.8) is 0 Å². The summed E-state index contributed by atoms with van der Waals surface area (Å²) in [5.74, 6) is 0.694. The molecule has 0 fully saturated rings. The summed E-state index contributed by atoms with van der Waals surface area (Å²) in [5.41, 5.74) is 4.26. The zero-order valence-corrected chi connectivity index (χ0v) is 11.3. The highest BCUT2D eigenvalue weighted by Gasteiger charge is 2.04. The average molecular weight is 237 g/mol. The largest absolute Gasteiger partial charge is 0.0625 e. The SMILES string of the molecule is CC(C)Cc1[c]cccc1CCc1ccccc1. The molecule has 0 unspecified atom stereocenters. The fourth-order valence-corrected chi connectivity index (χ4v) is 2.26. The van der Waals surface area contributed by atoms with E-state index in [9.17, 15) is 0 Å². The van der Waals surface area contributed by atoms with E-state index in [-0.39, 0.29) is 0 Å². The van der Waals surface area contributed by atoms with Crippen LogP contribution in [0.3, 0.4) is 0 Å². The van der Waals surface area contributed by atoms with Gasteiger partial charge >= 0.3 is 0 Å². The third kappa shape index (κ3) is 3.73. The van der Waals surface area contributed by atoms with Gasteiger partial charge in [0.2, 0.25) is 0 Å². The number of hydrogen-bond acceptors (Lipinski definition) is 0. The summed E-state index contributed by atoms with van der Waals surface area (Å²) >= 11 is 0. The lowest BCUT2D eigenvalue weighted by Gasteiger charge is -2.11. The molecule has 0 aromatic heterocycles. The summed E-state index contributed by atoms with van der Waals surface area (Å²) < 4.78 is 0. The van der Waals surface area contributed by atoms with Crippen LogP contribution in [-0.4, -0.2) is 0 Å². The Bertz CT molecular complexity index is 468. The van der Waals surface area contributed by atoms with Crippen LogP contribution in [0.1, 0.15) is 30.5 Å². The maximum Gasteiger partial charge on any atom is -0.0146 e. The van der Waals surface area contributed by atoms with Gasteiger partial charge in [-0.1, -0.05) is 62.4 Å². The summed E-state index contributed by atoms with van der Waals surface area (Å²) in [6.45, 7) is 4.53. The van der Waals surface area contributed by atoms with Crippen LogP contribution < -0.4 is 0 Å². The van der Waals surface area contributed by atoms with E-state index in [1.165, 1.54) is 16.7 Å². The highest BCUT2D eigenvalue weighted by molar-refractivity contribution is 5.28. The second-order valence-electron chi connectivity index (χ2n) is 5.26. The molecule has 0 heteroatoms. The first-order chi connectivity index (χ1) is 8.75. The molecule has 18 heavy (non-hydrogen) atoms. The Balaban J connectivity index is 2.05. The lowest BCUT2D eigenvalue weighted by atomic mass is 9.94. The molecule has 0 atom stereocenters. The maximum absolute atomic E-state index is 3.40. The van der Waals surface area contributed by atoms with Gasteiger partial charge in [-0.3, -0.25) is 0 Å². The predicted molar refractivity (Wildman–Crippen MR) is 77.7 cm³/mol. The zero-order valence-electron chi connectivity index (χ0n) is 11.3. The van der Waals surface area contributed by atoms with Gasteiger partial charge in [0.1, 0.15) is 0 Å². The van der Waals surface area contributed by atoms with Gasteiger partial charge in [-0.25, -0.2) is 0 Å². The minimum atomic E-state index is 0.694. The van der Waals surface area contributed by atoms with Crippen LogP contribution in [0.5, 0.6) is 0 Å². The normalized spacial score (nSPS) is 10.8. The topological polar surface area (TPSA) is 0 Å². The molecule has 2 aromatic rings. The Hall–Kier alpha value is -1.56. The molecule has 0 N–H and O–H groups in total. The van der Waals surface area contributed by atoms with Crippen molar-refractivity contribution in [2.24, 2.45) is 5.92 Å². The van der Waals surface area contributed by atoms with Crippen LogP contribution >= 0.6 is 0 Å². The Morgan fingerprint density at radius 3 is 2.44 bits per heavy atom. The van der Waals surface area contributed by atoms with E-state index in [0.717, 1.165) is 19.3 Å². The third-order valence-corrected chi connectivity index (χ3v) is 3.18. The lowest BCUT2D eigenvalue weighted by molar-refractivity contribution is 0.641. The van der Waals surface area contributed by atoms with Gasteiger partial charge in [0.05, 0.1) is 0 Å². The van der Waals surface area contributed by atoms with Gasteiger partial charge in [-0.2, -0.15) is 0 Å². The zero-order chi connectivity index (χ0) is 12.8. The molecule has 0 nitrogen and oxygen atoms in total. The quantitative estimate of drug-likeness (QED) is 0.719. The van der Waals surface area contributed by atoms with E-state index in [1.807, 2.05) is 6.07 Å². The minimum Gasteiger partial charge on any atom is -0.0625 e. The summed E-state index contributed by atoms with van der Waals surface area (Å²) in [5, 5.41) is 0. The molecule has 0 aliphatic carbocycles. The molecule has 0 spiro atoms. The van der Waals surface area contributed by atoms with Gasteiger partial charge in [0, 0.05) is 0 Å². The Morgan fingerprint density at radius 1 is 0.944 bits per heavy atom.